The molecular weight excluding hydrogens is 258 g/mol. The zero-order chi connectivity index (χ0) is 15.6. The number of benzene rings is 1. The summed E-state index contributed by atoms with van der Waals surface area (Å²) in [6, 6.07) is 6.95. The minimum Gasteiger partial charge on any atom is -0.311 e. The molecule has 0 amide bonds. The third-order valence-corrected chi connectivity index (χ3v) is 4.39. The molecule has 1 aromatic carbocycles. The van der Waals surface area contributed by atoms with E-state index in [1.54, 1.807) is 0 Å². The van der Waals surface area contributed by atoms with Gasteiger partial charge in [0, 0.05) is 5.69 Å². The minimum absolute atomic E-state index is 0.285. The van der Waals surface area contributed by atoms with Crippen LogP contribution in [0.3, 0.4) is 0 Å². The van der Waals surface area contributed by atoms with E-state index in [1.165, 1.54) is 27.9 Å². The highest BCUT2D eigenvalue weighted by molar-refractivity contribution is 5.33. The second-order valence-corrected chi connectivity index (χ2v) is 5.89. The van der Waals surface area contributed by atoms with E-state index in [-0.39, 0.29) is 6.04 Å². The molecule has 1 aromatic heterocycles. The van der Waals surface area contributed by atoms with Crippen LogP contribution in [0.25, 0.3) is 0 Å². The van der Waals surface area contributed by atoms with E-state index in [0.29, 0.717) is 0 Å². The van der Waals surface area contributed by atoms with Crippen molar-refractivity contribution in [1.29, 1.82) is 0 Å². The van der Waals surface area contributed by atoms with E-state index in [9.17, 15) is 0 Å². The summed E-state index contributed by atoms with van der Waals surface area (Å²) in [6.07, 6.45) is 1.05. The SMILES string of the molecule is CCc1c(C)nn(CC(NC)c2ccc(C)cc2C)c1C. The average molecular weight is 285 g/mol. The van der Waals surface area contributed by atoms with Gasteiger partial charge in [-0.3, -0.25) is 4.68 Å². The first-order valence-corrected chi connectivity index (χ1v) is 7.75. The standard InChI is InChI=1S/C18H27N3/c1-7-16-14(4)20-21(15(16)5)11-18(19-6)17-9-8-12(2)10-13(17)3/h8-10,18-19H,7,11H2,1-6H3. The molecular formula is C18H27N3. The molecule has 114 valence electrons. The molecule has 0 spiro atoms. The molecule has 3 heteroatoms. The number of rotatable bonds is 5. The van der Waals surface area contributed by atoms with E-state index in [0.717, 1.165) is 18.7 Å². The van der Waals surface area contributed by atoms with Crippen LogP contribution in [-0.2, 0) is 13.0 Å². The first kappa shape index (κ1) is 15.8. The fourth-order valence-electron chi connectivity index (χ4n) is 3.16. The van der Waals surface area contributed by atoms with Crippen LogP contribution >= 0.6 is 0 Å². The van der Waals surface area contributed by atoms with Crippen LogP contribution in [0, 0.1) is 27.7 Å². The fraction of sp³-hybridized carbons (Fsp3) is 0.500. The molecule has 0 aliphatic carbocycles. The van der Waals surface area contributed by atoms with Gasteiger partial charge >= 0.3 is 0 Å². The lowest BCUT2D eigenvalue weighted by atomic mass is 9.99. The van der Waals surface area contributed by atoms with Gasteiger partial charge in [-0.2, -0.15) is 5.10 Å². The van der Waals surface area contributed by atoms with E-state index in [2.05, 4.69) is 62.8 Å². The molecule has 1 N–H and O–H groups in total. The predicted octanol–water partition coefficient (Wildman–Crippen LogP) is 3.64. The van der Waals surface area contributed by atoms with Gasteiger partial charge in [0.2, 0.25) is 0 Å². The van der Waals surface area contributed by atoms with Crippen LogP contribution in [0.4, 0.5) is 0 Å². The molecule has 0 saturated heterocycles. The third kappa shape index (κ3) is 3.18. The molecule has 2 aromatic rings. The highest BCUT2D eigenvalue weighted by Crippen LogP contribution is 2.22. The lowest BCUT2D eigenvalue weighted by molar-refractivity contribution is 0.458. The van der Waals surface area contributed by atoms with Gasteiger partial charge < -0.3 is 5.32 Å². The maximum Gasteiger partial charge on any atom is 0.0628 e. The highest BCUT2D eigenvalue weighted by Gasteiger charge is 2.16. The van der Waals surface area contributed by atoms with Gasteiger partial charge in [0.1, 0.15) is 0 Å². The molecule has 3 nitrogen and oxygen atoms in total. The van der Waals surface area contributed by atoms with E-state index < -0.39 is 0 Å². The summed E-state index contributed by atoms with van der Waals surface area (Å²) in [5.74, 6) is 0. The summed E-state index contributed by atoms with van der Waals surface area (Å²) in [7, 11) is 2.02. The Hall–Kier alpha value is -1.61. The van der Waals surface area contributed by atoms with Crippen molar-refractivity contribution in [2.24, 2.45) is 0 Å². The van der Waals surface area contributed by atoms with Crippen molar-refractivity contribution in [3.8, 4) is 0 Å². The first-order chi connectivity index (χ1) is 9.97. The number of aromatic nitrogens is 2. The van der Waals surface area contributed by atoms with E-state index in [4.69, 9.17) is 5.10 Å². The topological polar surface area (TPSA) is 29.9 Å². The Balaban J connectivity index is 2.31. The molecule has 0 aliphatic rings. The second-order valence-electron chi connectivity index (χ2n) is 5.89. The van der Waals surface area contributed by atoms with Crippen molar-refractivity contribution in [2.75, 3.05) is 7.05 Å². The van der Waals surface area contributed by atoms with Crippen molar-refractivity contribution < 1.29 is 0 Å². The molecule has 21 heavy (non-hydrogen) atoms. The molecule has 1 atom stereocenters. The van der Waals surface area contributed by atoms with Gasteiger partial charge in [0.15, 0.2) is 0 Å². The van der Waals surface area contributed by atoms with Crippen LogP contribution in [-0.4, -0.2) is 16.8 Å². The largest absolute Gasteiger partial charge is 0.311 e. The van der Waals surface area contributed by atoms with Crippen LogP contribution in [0.1, 0.15) is 46.6 Å². The summed E-state index contributed by atoms with van der Waals surface area (Å²) < 4.78 is 2.15. The Morgan fingerprint density at radius 3 is 2.43 bits per heavy atom. The number of nitrogens with one attached hydrogen (secondary N) is 1. The van der Waals surface area contributed by atoms with Gasteiger partial charge in [-0.05, 0) is 57.9 Å². The Morgan fingerprint density at radius 2 is 1.90 bits per heavy atom. The Kier molecular flexibility index (Phi) is 4.84. The van der Waals surface area contributed by atoms with Gasteiger partial charge in [0.05, 0.1) is 18.3 Å². The average Bonchev–Trinajstić information content (AvgIpc) is 2.71. The minimum atomic E-state index is 0.285. The number of nitrogens with zero attached hydrogens (tertiary/aromatic N) is 2. The predicted molar refractivity (Wildman–Crippen MR) is 88.8 cm³/mol. The normalized spacial score (nSPS) is 12.7. The maximum atomic E-state index is 4.72. The Labute approximate surface area is 128 Å². The van der Waals surface area contributed by atoms with Crippen molar-refractivity contribution in [3.05, 3.63) is 51.8 Å². The molecule has 0 fully saturated rings. The third-order valence-electron chi connectivity index (χ3n) is 4.39. The fourth-order valence-corrected chi connectivity index (χ4v) is 3.16. The highest BCUT2D eigenvalue weighted by atomic mass is 15.3. The molecule has 0 radical (unpaired) electrons. The molecule has 0 bridgehead atoms. The Bertz CT molecular complexity index is 626. The zero-order valence-electron chi connectivity index (χ0n) is 14.1. The van der Waals surface area contributed by atoms with E-state index >= 15 is 0 Å². The summed E-state index contributed by atoms with van der Waals surface area (Å²) in [4.78, 5) is 0. The maximum absolute atomic E-state index is 4.72. The van der Waals surface area contributed by atoms with Gasteiger partial charge in [0.25, 0.3) is 0 Å². The molecule has 1 unspecified atom stereocenters. The molecule has 2 rings (SSSR count). The monoisotopic (exact) mass is 285 g/mol. The van der Waals surface area contributed by atoms with Gasteiger partial charge in [-0.15, -0.1) is 0 Å². The van der Waals surface area contributed by atoms with Crippen molar-refractivity contribution >= 4 is 0 Å². The smallest absolute Gasteiger partial charge is 0.0628 e. The van der Waals surface area contributed by atoms with E-state index in [1.807, 2.05) is 7.05 Å². The quantitative estimate of drug-likeness (QED) is 0.909. The summed E-state index contributed by atoms with van der Waals surface area (Å²) >= 11 is 0. The molecule has 1 heterocycles. The number of likely N-dealkylation sites (N-methyl/N-ethyl adjacent to an activating group) is 1. The van der Waals surface area contributed by atoms with Crippen LogP contribution in [0.5, 0.6) is 0 Å². The molecule has 0 saturated carbocycles. The number of hydrogen-bond donors (Lipinski definition) is 1. The number of hydrogen-bond acceptors (Lipinski definition) is 2. The summed E-state index contributed by atoms with van der Waals surface area (Å²) in [5, 5.41) is 8.16. The lowest BCUT2D eigenvalue weighted by Gasteiger charge is -2.20. The Morgan fingerprint density at radius 1 is 1.19 bits per heavy atom. The first-order valence-electron chi connectivity index (χ1n) is 7.75. The second kappa shape index (κ2) is 6.44. The van der Waals surface area contributed by atoms with Gasteiger partial charge in [-0.25, -0.2) is 0 Å². The molecule has 0 aliphatic heterocycles. The number of aryl methyl sites for hydroxylation is 3. The van der Waals surface area contributed by atoms with Gasteiger partial charge in [-0.1, -0.05) is 30.7 Å². The van der Waals surface area contributed by atoms with Crippen LogP contribution in [0.15, 0.2) is 18.2 Å². The summed E-state index contributed by atoms with van der Waals surface area (Å²) in [6.45, 7) is 11.7. The van der Waals surface area contributed by atoms with Crippen LogP contribution in [0.2, 0.25) is 0 Å². The lowest BCUT2D eigenvalue weighted by Crippen LogP contribution is -2.24. The summed E-state index contributed by atoms with van der Waals surface area (Å²) in [5.41, 5.74) is 7.83. The van der Waals surface area contributed by atoms with Crippen LogP contribution < -0.4 is 5.32 Å². The zero-order valence-corrected chi connectivity index (χ0v) is 14.1. The van der Waals surface area contributed by atoms with Crippen molar-refractivity contribution in [3.63, 3.8) is 0 Å². The van der Waals surface area contributed by atoms with Crippen molar-refractivity contribution in [2.45, 2.75) is 53.6 Å². The van der Waals surface area contributed by atoms with Crippen molar-refractivity contribution in [1.82, 2.24) is 15.1 Å².